The van der Waals surface area contributed by atoms with Gasteiger partial charge < -0.3 is 5.32 Å². The Kier molecular flexibility index (Phi) is 5.37. The molecule has 146 valence electrons. The second-order valence-corrected chi connectivity index (χ2v) is 9.65. The normalized spacial score (nSPS) is 17.8. The average molecular weight is 435 g/mol. The van der Waals surface area contributed by atoms with E-state index < -0.39 is 16.1 Å². The van der Waals surface area contributed by atoms with Gasteiger partial charge in [0.25, 0.3) is 0 Å². The van der Waals surface area contributed by atoms with Gasteiger partial charge in [-0.25, -0.2) is 8.42 Å². The van der Waals surface area contributed by atoms with Gasteiger partial charge >= 0.3 is 0 Å². The minimum Gasteiger partial charge on any atom is -0.325 e. The Balaban J connectivity index is 1.62. The molecule has 7 nitrogen and oxygen atoms in total. The van der Waals surface area contributed by atoms with Crippen LogP contribution in [0.15, 0.2) is 52.3 Å². The number of carbonyl (C=O) groups is 1. The van der Waals surface area contributed by atoms with Crippen molar-refractivity contribution in [2.45, 2.75) is 28.7 Å². The van der Waals surface area contributed by atoms with E-state index in [0.29, 0.717) is 36.1 Å². The Hall–Kier alpha value is -2.01. The van der Waals surface area contributed by atoms with E-state index in [-0.39, 0.29) is 10.8 Å². The van der Waals surface area contributed by atoms with Crippen molar-refractivity contribution in [3.8, 4) is 0 Å². The predicted octanol–water partition coefficient (Wildman–Crippen LogP) is 3.21. The maximum atomic E-state index is 13.3. The standard InChI is InChI=1S/C18H18N4O3S3/c1-26-13-6-2-5-12(11-13)19-18(23)15-8-4-10-22(15)28(24,25)16-9-3-7-14-17(16)21-27-20-14/h2-3,5-7,9,11,15H,4,8,10H2,1H3,(H,19,23). The summed E-state index contributed by atoms with van der Waals surface area (Å²) in [6.45, 7) is 0.305. The Morgan fingerprint density at radius 2 is 2.07 bits per heavy atom. The maximum Gasteiger partial charge on any atom is 0.246 e. The van der Waals surface area contributed by atoms with Gasteiger partial charge in [-0.05, 0) is 49.4 Å². The molecule has 1 unspecified atom stereocenters. The molecule has 1 aromatic heterocycles. The number of carbonyl (C=O) groups excluding carboxylic acids is 1. The van der Waals surface area contributed by atoms with Crippen LogP contribution in [0.2, 0.25) is 0 Å². The number of rotatable bonds is 5. The van der Waals surface area contributed by atoms with Gasteiger partial charge in [-0.2, -0.15) is 13.1 Å². The van der Waals surface area contributed by atoms with E-state index in [9.17, 15) is 13.2 Å². The third-order valence-electron chi connectivity index (χ3n) is 4.68. The first kappa shape index (κ1) is 19.3. The average Bonchev–Trinajstić information content (AvgIpc) is 3.37. The van der Waals surface area contributed by atoms with E-state index in [1.54, 1.807) is 30.0 Å². The van der Waals surface area contributed by atoms with Crippen molar-refractivity contribution in [1.29, 1.82) is 0 Å². The lowest BCUT2D eigenvalue weighted by molar-refractivity contribution is -0.119. The summed E-state index contributed by atoms with van der Waals surface area (Å²) in [5, 5.41) is 2.86. The van der Waals surface area contributed by atoms with Crippen molar-refractivity contribution in [1.82, 2.24) is 13.1 Å². The fourth-order valence-electron chi connectivity index (χ4n) is 3.33. The lowest BCUT2D eigenvalue weighted by Gasteiger charge is -2.23. The van der Waals surface area contributed by atoms with Crippen LogP contribution >= 0.6 is 23.5 Å². The molecular weight excluding hydrogens is 416 g/mol. The number of benzene rings is 2. The summed E-state index contributed by atoms with van der Waals surface area (Å²) >= 11 is 2.55. The zero-order valence-corrected chi connectivity index (χ0v) is 17.5. The molecule has 28 heavy (non-hydrogen) atoms. The summed E-state index contributed by atoms with van der Waals surface area (Å²) < 4.78 is 36.1. The van der Waals surface area contributed by atoms with E-state index in [4.69, 9.17) is 0 Å². The zero-order valence-electron chi connectivity index (χ0n) is 15.0. The summed E-state index contributed by atoms with van der Waals surface area (Å²) in [6.07, 6.45) is 3.08. The second-order valence-electron chi connectivity index (χ2n) is 6.38. The van der Waals surface area contributed by atoms with Gasteiger partial charge in [0.1, 0.15) is 22.0 Å². The summed E-state index contributed by atoms with van der Waals surface area (Å²) in [4.78, 5) is 14.0. The minimum atomic E-state index is -3.86. The molecule has 1 aliphatic heterocycles. The number of sulfonamides is 1. The summed E-state index contributed by atoms with van der Waals surface area (Å²) in [5.41, 5.74) is 1.55. The molecule has 4 rings (SSSR count). The second kappa shape index (κ2) is 7.78. The molecule has 0 radical (unpaired) electrons. The van der Waals surface area contributed by atoms with Crippen molar-refractivity contribution in [3.05, 3.63) is 42.5 Å². The molecule has 1 N–H and O–H groups in total. The van der Waals surface area contributed by atoms with Gasteiger partial charge in [-0.15, -0.1) is 11.8 Å². The monoisotopic (exact) mass is 434 g/mol. The first-order valence-corrected chi connectivity index (χ1v) is 12.1. The highest BCUT2D eigenvalue weighted by molar-refractivity contribution is 7.98. The molecule has 0 bridgehead atoms. The molecule has 2 aromatic carbocycles. The van der Waals surface area contributed by atoms with Crippen LogP contribution in [0.3, 0.4) is 0 Å². The van der Waals surface area contributed by atoms with Gasteiger partial charge in [0.15, 0.2) is 0 Å². The largest absolute Gasteiger partial charge is 0.325 e. The number of thioether (sulfide) groups is 1. The fourth-order valence-corrected chi connectivity index (χ4v) is 6.20. The number of aromatic nitrogens is 2. The first-order valence-electron chi connectivity index (χ1n) is 8.69. The lowest BCUT2D eigenvalue weighted by atomic mass is 10.2. The van der Waals surface area contributed by atoms with Crippen LogP contribution in [-0.2, 0) is 14.8 Å². The molecule has 2 heterocycles. The predicted molar refractivity (Wildman–Crippen MR) is 111 cm³/mol. The summed E-state index contributed by atoms with van der Waals surface area (Å²) in [5.74, 6) is -0.317. The number of hydrogen-bond acceptors (Lipinski definition) is 7. The van der Waals surface area contributed by atoms with Crippen LogP contribution in [0.1, 0.15) is 12.8 Å². The smallest absolute Gasteiger partial charge is 0.246 e. The van der Waals surface area contributed by atoms with Crippen molar-refractivity contribution in [2.75, 3.05) is 18.1 Å². The Morgan fingerprint density at radius 1 is 1.25 bits per heavy atom. The molecule has 0 aliphatic carbocycles. The number of hydrogen-bond donors (Lipinski definition) is 1. The van der Waals surface area contributed by atoms with Crippen LogP contribution < -0.4 is 5.32 Å². The highest BCUT2D eigenvalue weighted by Gasteiger charge is 2.40. The number of nitrogens with one attached hydrogen (secondary N) is 1. The molecule has 3 aromatic rings. The van der Waals surface area contributed by atoms with Gasteiger partial charge in [-0.1, -0.05) is 12.1 Å². The quantitative estimate of drug-likeness (QED) is 0.620. The molecule has 1 saturated heterocycles. The van der Waals surface area contributed by atoms with E-state index in [1.807, 2.05) is 24.5 Å². The van der Waals surface area contributed by atoms with Gasteiger partial charge in [0, 0.05) is 17.1 Å². The molecular formula is C18H18N4O3S3. The highest BCUT2D eigenvalue weighted by Crippen LogP contribution is 2.30. The third kappa shape index (κ3) is 3.52. The molecule has 1 atom stereocenters. The lowest BCUT2D eigenvalue weighted by Crippen LogP contribution is -2.43. The molecule has 1 fully saturated rings. The van der Waals surface area contributed by atoms with E-state index in [0.717, 1.165) is 16.6 Å². The van der Waals surface area contributed by atoms with Crippen molar-refractivity contribution >= 4 is 56.1 Å². The zero-order chi connectivity index (χ0) is 19.7. The molecule has 10 heteroatoms. The third-order valence-corrected chi connectivity index (χ3v) is 7.89. The van der Waals surface area contributed by atoms with Gasteiger partial charge in [-0.3, -0.25) is 4.79 Å². The Labute approximate surface area is 171 Å². The van der Waals surface area contributed by atoms with Crippen molar-refractivity contribution in [2.24, 2.45) is 0 Å². The maximum absolute atomic E-state index is 13.3. The van der Waals surface area contributed by atoms with Crippen LogP contribution in [0.5, 0.6) is 0 Å². The fraction of sp³-hybridized carbons (Fsp3) is 0.278. The summed E-state index contributed by atoms with van der Waals surface area (Å²) in [7, 11) is -3.86. The molecule has 0 saturated carbocycles. The van der Waals surface area contributed by atoms with Crippen molar-refractivity contribution < 1.29 is 13.2 Å². The Morgan fingerprint density at radius 3 is 2.89 bits per heavy atom. The van der Waals surface area contributed by atoms with E-state index in [2.05, 4.69) is 14.1 Å². The number of amides is 1. The van der Waals surface area contributed by atoms with Crippen LogP contribution in [0, 0.1) is 0 Å². The minimum absolute atomic E-state index is 0.0998. The topological polar surface area (TPSA) is 92.3 Å². The van der Waals surface area contributed by atoms with E-state index >= 15 is 0 Å². The van der Waals surface area contributed by atoms with Crippen LogP contribution in [0.25, 0.3) is 11.0 Å². The van der Waals surface area contributed by atoms with Crippen LogP contribution in [0.4, 0.5) is 5.69 Å². The number of nitrogens with zero attached hydrogens (tertiary/aromatic N) is 3. The van der Waals surface area contributed by atoms with Gasteiger partial charge in [0.05, 0.1) is 11.7 Å². The molecule has 1 aliphatic rings. The Bertz CT molecular complexity index is 1130. The SMILES string of the molecule is CSc1cccc(NC(=O)C2CCCN2S(=O)(=O)c2cccc3nsnc23)c1. The van der Waals surface area contributed by atoms with E-state index in [1.165, 1.54) is 10.4 Å². The highest BCUT2D eigenvalue weighted by atomic mass is 32.2. The number of fused-ring (bicyclic) bond motifs is 1. The molecule has 0 spiro atoms. The van der Waals surface area contributed by atoms with Crippen LogP contribution in [-0.4, -0.2) is 46.2 Å². The van der Waals surface area contributed by atoms with Crippen molar-refractivity contribution in [3.63, 3.8) is 0 Å². The first-order chi connectivity index (χ1) is 13.5. The number of anilines is 1. The van der Waals surface area contributed by atoms with Gasteiger partial charge in [0.2, 0.25) is 15.9 Å². The molecule has 1 amide bonds. The summed E-state index contributed by atoms with van der Waals surface area (Å²) in [6, 6.07) is 11.6.